The molecule has 0 spiro atoms. The Labute approximate surface area is 225 Å². The number of aryl methyl sites for hydroxylation is 2. The van der Waals surface area contributed by atoms with Crippen LogP contribution in [-0.2, 0) is 17.6 Å². The second-order valence-corrected chi connectivity index (χ2v) is 10.0. The standard InChI is InChI=1S/C33H48O4/c1-4-7-9-11-13-15-17-19-27-25-29(21-23-31(27)34)36-30-22-24-32(37-33(35)6-3)28(26-30)20-18-16-14-12-10-8-5-2/h6,21-26,34H,3-5,7-20H2,1-2H3. The SMILES string of the molecule is C=CC(=O)Oc1ccc(Oc2ccc(O)c(CCCCCCCCC)c2)cc1CCCCCCCCC. The van der Waals surface area contributed by atoms with Gasteiger partial charge in [0.15, 0.2) is 0 Å². The normalized spacial score (nSPS) is 10.9. The summed E-state index contributed by atoms with van der Waals surface area (Å²) < 4.78 is 11.7. The van der Waals surface area contributed by atoms with Gasteiger partial charge in [-0.05, 0) is 73.2 Å². The fourth-order valence-electron chi connectivity index (χ4n) is 4.57. The second kappa shape index (κ2) is 18.5. The predicted molar refractivity (Wildman–Crippen MR) is 154 cm³/mol. The summed E-state index contributed by atoms with van der Waals surface area (Å²) in [6.45, 7) is 7.98. The quantitative estimate of drug-likeness (QED) is 0.0836. The molecule has 37 heavy (non-hydrogen) atoms. The van der Waals surface area contributed by atoms with Crippen molar-refractivity contribution in [1.29, 1.82) is 0 Å². The lowest BCUT2D eigenvalue weighted by molar-refractivity contribution is -0.129. The summed E-state index contributed by atoms with van der Waals surface area (Å²) in [5.41, 5.74) is 1.88. The molecule has 0 saturated carbocycles. The van der Waals surface area contributed by atoms with E-state index in [1.54, 1.807) is 18.2 Å². The molecule has 0 amide bonds. The van der Waals surface area contributed by atoms with Gasteiger partial charge >= 0.3 is 5.97 Å². The van der Waals surface area contributed by atoms with E-state index in [0.29, 0.717) is 23.0 Å². The Morgan fingerprint density at radius 1 is 0.730 bits per heavy atom. The summed E-state index contributed by atoms with van der Waals surface area (Å²) in [6, 6.07) is 11.0. The molecule has 0 atom stereocenters. The van der Waals surface area contributed by atoms with Gasteiger partial charge < -0.3 is 14.6 Å². The second-order valence-electron chi connectivity index (χ2n) is 10.0. The number of phenols is 1. The van der Waals surface area contributed by atoms with Crippen molar-refractivity contribution < 1.29 is 19.4 Å². The van der Waals surface area contributed by atoms with Crippen molar-refractivity contribution in [3.63, 3.8) is 0 Å². The van der Waals surface area contributed by atoms with Gasteiger partial charge in [-0.3, -0.25) is 0 Å². The Balaban J connectivity index is 1.98. The molecule has 0 bridgehead atoms. The van der Waals surface area contributed by atoms with Crippen LogP contribution in [-0.4, -0.2) is 11.1 Å². The third kappa shape index (κ3) is 12.4. The van der Waals surface area contributed by atoms with Gasteiger partial charge in [0.1, 0.15) is 23.0 Å². The molecule has 2 rings (SSSR count). The van der Waals surface area contributed by atoms with E-state index in [2.05, 4.69) is 20.4 Å². The van der Waals surface area contributed by atoms with Crippen molar-refractivity contribution in [3.8, 4) is 23.0 Å². The fourth-order valence-corrected chi connectivity index (χ4v) is 4.57. The van der Waals surface area contributed by atoms with Crippen molar-refractivity contribution in [1.82, 2.24) is 0 Å². The summed E-state index contributed by atoms with van der Waals surface area (Å²) in [5.74, 6) is 1.83. The van der Waals surface area contributed by atoms with E-state index in [4.69, 9.17) is 9.47 Å². The first-order valence-electron chi connectivity index (χ1n) is 14.5. The highest BCUT2D eigenvalue weighted by Crippen LogP contribution is 2.32. The van der Waals surface area contributed by atoms with E-state index in [0.717, 1.165) is 43.2 Å². The number of unbranched alkanes of at least 4 members (excludes halogenated alkanes) is 12. The first-order chi connectivity index (χ1) is 18.1. The van der Waals surface area contributed by atoms with Crippen LogP contribution in [0, 0.1) is 0 Å². The third-order valence-electron chi connectivity index (χ3n) is 6.80. The highest BCUT2D eigenvalue weighted by molar-refractivity contribution is 5.83. The lowest BCUT2D eigenvalue weighted by Gasteiger charge is -2.13. The smallest absolute Gasteiger partial charge is 0.335 e. The maximum Gasteiger partial charge on any atom is 0.335 e. The minimum atomic E-state index is -0.456. The van der Waals surface area contributed by atoms with Crippen LogP contribution >= 0.6 is 0 Å². The van der Waals surface area contributed by atoms with Crippen molar-refractivity contribution in [3.05, 3.63) is 60.2 Å². The van der Waals surface area contributed by atoms with E-state index < -0.39 is 5.97 Å². The van der Waals surface area contributed by atoms with Gasteiger partial charge in [0.2, 0.25) is 0 Å². The lowest BCUT2D eigenvalue weighted by atomic mass is 10.0. The summed E-state index contributed by atoms with van der Waals surface area (Å²) in [5, 5.41) is 10.3. The van der Waals surface area contributed by atoms with Crippen LogP contribution in [0.3, 0.4) is 0 Å². The average Bonchev–Trinajstić information content (AvgIpc) is 2.90. The Morgan fingerprint density at radius 3 is 1.78 bits per heavy atom. The van der Waals surface area contributed by atoms with Gasteiger partial charge in [-0.2, -0.15) is 0 Å². The predicted octanol–water partition coefficient (Wildman–Crippen LogP) is 9.86. The van der Waals surface area contributed by atoms with Crippen LogP contribution < -0.4 is 9.47 Å². The number of phenolic OH excluding ortho intramolecular Hbond substituents is 1. The third-order valence-corrected chi connectivity index (χ3v) is 6.80. The summed E-state index contributed by atoms with van der Waals surface area (Å²) in [7, 11) is 0. The fraction of sp³-hybridized carbons (Fsp3) is 0.545. The van der Waals surface area contributed by atoms with Crippen LogP contribution in [0.2, 0.25) is 0 Å². The molecule has 0 aliphatic heterocycles. The van der Waals surface area contributed by atoms with Crippen LogP contribution in [0.1, 0.15) is 115 Å². The molecule has 0 unspecified atom stereocenters. The number of hydrogen-bond donors (Lipinski definition) is 1. The molecular formula is C33H48O4. The summed E-state index contributed by atoms with van der Waals surface area (Å²) >= 11 is 0. The van der Waals surface area contributed by atoms with Gasteiger partial charge in [-0.1, -0.05) is 97.5 Å². The molecule has 1 N–H and O–H groups in total. The van der Waals surface area contributed by atoms with Crippen LogP contribution in [0.15, 0.2) is 49.1 Å². The van der Waals surface area contributed by atoms with Gasteiger partial charge in [0, 0.05) is 6.08 Å². The highest BCUT2D eigenvalue weighted by atomic mass is 16.5. The maximum atomic E-state index is 11.8. The van der Waals surface area contributed by atoms with E-state index in [1.165, 1.54) is 76.7 Å². The molecule has 204 valence electrons. The molecule has 4 nitrogen and oxygen atoms in total. The van der Waals surface area contributed by atoms with E-state index in [9.17, 15) is 9.90 Å². The molecule has 0 heterocycles. The van der Waals surface area contributed by atoms with Crippen molar-refractivity contribution in [2.75, 3.05) is 0 Å². The first kappa shape index (κ1) is 30.5. The van der Waals surface area contributed by atoms with Crippen LogP contribution in [0.5, 0.6) is 23.0 Å². The molecule has 0 aliphatic rings. The number of carbonyl (C=O) groups excluding carboxylic acids is 1. The Kier molecular flexibility index (Phi) is 15.2. The van der Waals surface area contributed by atoms with E-state index in [-0.39, 0.29) is 0 Å². The topological polar surface area (TPSA) is 55.8 Å². The molecule has 4 heteroatoms. The largest absolute Gasteiger partial charge is 0.508 e. The average molecular weight is 509 g/mol. The van der Waals surface area contributed by atoms with Gasteiger partial charge in [-0.15, -0.1) is 0 Å². The number of ether oxygens (including phenoxy) is 2. The Morgan fingerprint density at radius 2 is 1.22 bits per heavy atom. The zero-order valence-corrected chi connectivity index (χ0v) is 23.2. The number of esters is 1. The number of aromatic hydroxyl groups is 1. The minimum absolute atomic E-state index is 0.324. The first-order valence-corrected chi connectivity index (χ1v) is 14.5. The highest BCUT2D eigenvalue weighted by Gasteiger charge is 2.11. The molecule has 0 aromatic heterocycles. The van der Waals surface area contributed by atoms with Crippen molar-refractivity contribution >= 4 is 5.97 Å². The molecular weight excluding hydrogens is 460 g/mol. The van der Waals surface area contributed by atoms with Crippen LogP contribution in [0.25, 0.3) is 0 Å². The van der Waals surface area contributed by atoms with E-state index in [1.807, 2.05) is 18.2 Å². The van der Waals surface area contributed by atoms with Gasteiger partial charge in [0.25, 0.3) is 0 Å². The molecule has 2 aromatic carbocycles. The van der Waals surface area contributed by atoms with Crippen molar-refractivity contribution in [2.24, 2.45) is 0 Å². The number of benzene rings is 2. The number of carbonyl (C=O) groups is 1. The lowest BCUT2D eigenvalue weighted by Crippen LogP contribution is -2.05. The zero-order valence-electron chi connectivity index (χ0n) is 23.2. The summed E-state index contributed by atoms with van der Waals surface area (Å²) in [4.78, 5) is 11.8. The molecule has 0 saturated heterocycles. The minimum Gasteiger partial charge on any atom is -0.508 e. The Hall–Kier alpha value is -2.75. The molecule has 0 fully saturated rings. The number of hydrogen-bond acceptors (Lipinski definition) is 4. The molecule has 0 aliphatic carbocycles. The monoisotopic (exact) mass is 508 g/mol. The maximum absolute atomic E-state index is 11.8. The van der Waals surface area contributed by atoms with Gasteiger partial charge in [-0.25, -0.2) is 4.79 Å². The summed E-state index contributed by atoms with van der Waals surface area (Å²) in [6.07, 6.45) is 20.1. The van der Waals surface area contributed by atoms with Crippen molar-refractivity contribution in [2.45, 2.75) is 117 Å². The van der Waals surface area contributed by atoms with Gasteiger partial charge in [0.05, 0.1) is 0 Å². The van der Waals surface area contributed by atoms with Crippen LogP contribution in [0.4, 0.5) is 0 Å². The zero-order chi connectivity index (χ0) is 26.7. The number of rotatable bonds is 20. The Bertz CT molecular complexity index is 934. The van der Waals surface area contributed by atoms with E-state index >= 15 is 0 Å². The molecule has 0 radical (unpaired) electrons. The molecule has 2 aromatic rings.